The maximum Gasteiger partial charge on any atom is 0.124 e. The van der Waals surface area contributed by atoms with Gasteiger partial charge in [0.15, 0.2) is 0 Å². The molecule has 0 saturated heterocycles. The summed E-state index contributed by atoms with van der Waals surface area (Å²) < 4.78 is 6.65. The molecule has 0 atom stereocenters. The molecule has 0 fully saturated rings. The molecule has 0 aliphatic rings. The van der Waals surface area contributed by atoms with Crippen LogP contribution in [-0.4, -0.2) is 13.2 Å². The van der Waals surface area contributed by atoms with Crippen molar-refractivity contribution in [3.8, 4) is 5.75 Å². The number of hydrogen-bond acceptors (Lipinski definition) is 2. The largest absolute Gasteiger partial charge is 0.489 e. The molecule has 2 nitrogen and oxygen atoms in total. The van der Waals surface area contributed by atoms with Crippen LogP contribution in [0.25, 0.3) is 0 Å². The second-order valence-electron chi connectivity index (χ2n) is 3.21. The molecule has 88 valence electrons. The average Bonchev–Trinajstić information content (AvgIpc) is 2.29. The van der Waals surface area contributed by atoms with Crippen molar-refractivity contribution < 1.29 is 4.74 Å². The number of ether oxygens (including phenoxy) is 1. The van der Waals surface area contributed by atoms with Crippen LogP contribution >= 0.6 is 27.5 Å². The van der Waals surface area contributed by atoms with Gasteiger partial charge in [-0.25, -0.2) is 0 Å². The summed E-state index contributed by atoms with van der Waals surface area (Å²) in [7, 11) is 0. The van der Waals surface area contributed by atoms with E-state index in [4.69, 9.17) is 16.3 Å². The summed E-state index contributed by atoms with van der Waals surface area (Å²) in [4.78, 5) is 0. The third kappa shape index (κ3) is 4.56. The summed E-state index contributed by atoms with van der Waals surface area (Å²) in [5.41, 5.74) is 2.60. The first-order chi connectivity index (χ1) is 7.77. The normalized spacial score (nSPS) is 10.9. The van der Waals surface area contributed by atoms with E-state index < -0.39 is 0 Å². The number of benzene rings is 1. The van der Waals surface area contributed by atoms with Crippen molar-refractivity contribution in [2.45, 2.75) is 13.5 Å². The molecule has 0 saturated carbocycles. The zero-order chi connectivity index (χ0) is 11.8. The van der Waals surface area contributed by atoms with Gasteiger partial charge in [0.05, 0.1) is 0 Å². The van der Waals surface area contributed by atoms with E-state index in [1.54, 1.807) is 6.08 Å². The smallest absolute Gasteiger partial charge is 0.124 e. The van der Waals surface area contributed by atoms with Gasteiger partial charge in [-0.3, -0.25) is 0 Å². The van der Waals surface area contributed by atoms with Crippen molar-refractivity contribution in [3.05, 3.63) is 39.8 Å². The van der Waals surface area contributed by atoms with Gasteiger partial charge in [-0.05, 0) is 30.8 Å². The lowest BCUT2D eigenvalue weighted by Crippen LogP contribution is -2.13. The van der Waals surface area contributed by atoms with Gasteiger partial charge in [0, 0.05) is 22.1 Å². The van der Waals surface area contributed by atoms with E-state index in [2.05, 4.69) is 34.2 Å². The van der Waals surface area contributed by atoms with Crippen molar-refractivity contribution >= 4 is 27.5 Å². The van der Waals surface area contributed by atoms with Crippen LogP contribution in [0.3, 0.4) is 0 Å². The van der Waals surface area contributed by atoms with Crippen LogP contribution < -0.4 is 10.1 Å². The van der Waals surface area contributed by atoms with E-state index in [-0.39, 0.29) is 0 Å². The third-order valence-electron chi connectivity index (χ3n) is 2.01. The molecule has 0 bridgehead atoms. The minimum atomic E-state index is 0.490. The number of rotatable bonds is 6. The van der Waals surface area contributed by atoms with E-state index in [1.807, 2.05) is 12.1 Å². The highest BCUT2D eigenvalue weighted by atomic mass is 79.9. The first-order valence-electron chi connectivity index (χ1n) is 5.15. The second-order valence-corrected chi connectivity index (χ2v) is 4.37. The number of nitrogens with one attached hydrogen (secondary N) is 1. The molecule has 4 heteroatoms. The zero-order valence-electron chi connectivity index (χ0n) is 9.17. The molecular weight excluding hydrogens is 289 g/mol. The summed E-state index contributed by atoms with van der Waals surface area (Å²) in [6.45, 7) is 4.31. The average molecular weight is 305 g/mol. The van der Waals surface area contributed by atoms with E-state index in [1.165, 1.54) is 5.54 Å². The van der Waals surface area contributed by atoms with Gasteiger partial charge < -0.3 is 10.1 Å². The summed E-state index contributed by atoms with van der Waals surface area (Å²) in [5, 5.41) is 3.28. The first kappa shape index (κ1) is 13.6. The van der Waals surface area contributed by atoms with Gasteiger partial charge in [-0.15, -0.1) is 0 Å². The van der Waals surface area contributed by atoms with Gasteiger partial charge in [0.25, 0.3) is 0 Å². The molecule has 1 N–H and O–H groups in total. The molecule has 0 heterocycles. The molecule has 16 heavy (non-hydrogen) atoms. The van der Waals surface area contributed by atoms with Crippen molar-refractivity contribution in [2.24, 2.45) is 0 Å². The monoisotopic (exact) mass is 303 g/mol. The maximum atomic E-state index is 5.60. The quantitative estimate of drug-likeness (QED) is 0.865. The number of hydrogen-bond donors (Lipinski definition) is 1. The lowest BCUT2D eigenvalue weighted by Gasteiger charge is -2.11. The van der Waals surface area contributed by atoms with E-state index in [9.17, 15) is 0 Å². The maximum absolute atomic E-state index is 5.60. The Morgan fingerprint density at radius 3 is 3.00 bits per heavy atom. The second kappa shape index (κ2) is 7.71. The molecule has 1 aromatic carbocycles. The van der Waals surface area contributed by atoms with Crippen molar-refractivity contribution in [1.82, 2.24) is 5.32 Å². The molecule has 1 aromatic rings. The highest BCUT2D eigenvalue weighted by Gasteiger charge is 2.03. The standard InChI is InChI=1S/C12H15BrClNO/c1-2-15-9-10-8-11(13)4-5-12(10)16-7-3-6-14/h3-6,8,15H,2,7,9H2,1H3/b6-3+. The van der Waals surface area contributed by atoms with Crippen LogP contribution in [0.2, 0.25) is 0 Å². The van der Waals surface area contributed by atoms with Crippen molar-refractivity contribution in [3.63, 3.8) is 0 Å². The lowest BCUT2D eigenvalue weighted by atomic mass is 10.2. The Labute approximate surface area is 110 Å². The summed E-state index contributed by atoms with van der Waals surface area (Å²) >= 11 is 8.89. The lowest BCUT2D eigenvalue weighted by molar-refractivity contribution is 0.358. The minimum absolute atomic E-state index is 0.490. The van der Waals surface area contributed by atoms with Gasteiger partial charge >= 0.3 is 0 Å². The number of halogens is 2. The van der Waals surface area contributed by atoms with E-state index in [0.29, 0.717) is 6.61 Å². The predicted molar refractivity (Wildman–Crippen MR) is 72.0 cm³/mol. The Bertz CT molecular complexity index is 355. The highest BCUT2D eigenvalue weighted by Crippen LogP contribution is 2.23. The van der Waals surface area contributed by atoms with Crippen molar-refractivity contribution in [2.75, 3.05) is 13.2 Å². The molecule has 0 radical (unpaired) electrons. The van der Waals surface area contributed by atoms with Gasteiger partial charge in [-0.1, -0.05) is 34.5 Å². The third-order valence-corrected chi connectivity index (χ3v) is 2.68. The van der Waals surface area contributed by atoms with Crippen molar-refractivity contribution in [1.29, 1.82) is 0 Å². The Morgan fingerprint density at radius 1 is 1.50 bits per heavy atom. The fourth-order valence-corrected chi connectivity index (χ4v) is 1.74. The zero-order valence-corrected chi connectivity index (χ0v) is 11.5. The van der Waals surface area contributed by atoms with Crippen LogP contribution in [0.5, 0.6) is 5.75 Å². The van der Waals surface area contributed by atoms with E-state index >= 15 is 0 Å². The van der Waals surface area contributed by atoms with Crippen LogP contribution in [0.1, 0.15) is 12.5 Å². The fourth-order valence-electron chi connectivity index (χ4n) is 1.26. The highest BCUT2D eigenvalue weighted by molar-refractivity contribution is 9.10. The van der Waals surface area contributed by atoms with Crippen LogP contribution in [0.4, 0.5) is 0 Å². The van der Waals surface area contributed by atoms with Gasteiger partial charge in [-0.2, -0.15) is 0 Å². The molecule has 0 amide bonds. The summed E-state index contributed by atoms with van der Waals surface area (Å²) in [6, 6.07) is 5.98. The molecule has 0 unspecified atom stereocenters. The Hall–Kier alpha value is -0.510. The predicted octanol–water partition coefficient (Wildman–Crippen LogP) is 3.69. The Morgan fingerprint density at radius 2 is 2.31 bits per heavy atom. The van der Waals surface area contributed by atoms with Gasteiger partial charge in [0.1, 0.15) is 12.4 Å². The first-order valence-corrected chi connectivity index (χ1v) is 6.38. The molecule has 0 aliphatic carbocycles. The molecule has 0 aliphatic heterocycles. The Balaban J connectivity index is 2.72. The van der Waals surface area contributed by atoms with Crippen LogP contribution in [0, 0.1) is 0 Å². The van der Waals surface area contributed by atoms with Gasteiger partial charge in [0.2, 0.25) is 0 Å². The fraction of sp³-hybridized carbons (Fsp3) is 0.333. The minimum Gasteiger partial charge on any atom is -0.489 e. The van der Waals surface area contributed by atoms with Crippen LogP contribution in [0.15, 0.2) is 34.3 Å². The molecule has 0 spiro atoms. The Kier molecular flexibility index (Phi) is 6.53. The summed E-state index contributed by atoms with van der Waals surface area (Å²) in [5.74, 6) is 0.888. The van der Waals surface area contributed by atoms with Crippen LogP contribution in [-0.2, 0) is 6.54 Å². The molecule has 1 rings (SSSR count). The topological polar surface area (TPSA) is 21.3 Å². The van der Waals surface area contributed by atoms with E-state index in [0.717, 1.165) is 28.9 Å². The molecule has 0 aromatic heterocycles. The molecular formula is C12H15BrClNO. The SMILES string of the molecule is CCNCc1cc(Br)ccc1OC/C=C/Cl. The summed E-state index contributed by atoms with van der Waals surface area (Å²) in [6.07, 6.45) is 1.76.